The minimum absolute atomic E-state index is 0.0820. The topological polar surface area (TPSA) is 64.8 Å². The standard InChI is InChI=1S/C9H16N2O3/c1-7(2)14-9(12)11-3-4-13-8(5-10)6-11/h8H,1,3-6,10H2,2H3. The summed E-state index contributed by atoms with van der Waals surface area (Å²) in [4.78, 5) is 13.0. The van der Waals surface area contributed by atoms with Crippen molar-refractivity contribution in [3.63, 3.8) is 0 Å². The van der Waals surface area contributed by atoms with Gasteiger partial charge in [-0.1, -0.05) is 6.58 Å². The molecule has 5 nitrogen and oxygen atoms in total. The third kappa shape index (κ3) is 3.01. The normalized spacial score (nSPS) is 21.9. The van der Waals surface area contributed by atoms with Crippen LogP contribution in [0.3, 0.4) is 0 Å². The maximum absolute atomic E-state index is 11.4. The summed E-state index contributed by atoms with van der Waals surface area (Å²) < 4.78 is 10.2. The van der Waals surface area contributed by atoms with Crippen LogP contribution in [0.2, 0.25) is 0 Å². The number of hydrogen-bond donors (Lipinski definition) is 1. The van der Waals surface area contributed by atoms with Gasteiger partial charge in [-0.25, -0.2) is 4.79 Å². The molecule has 1 fully saturated rings. The quantitative estimate of drug-likeness (QED) is 0.652. The van der Waals surface area contributed by atoms with E-state index in [1.807, 2.05) is 0 Å². The summed E-state index contributed by atoms with van der Waals surface area (Å²) in [5, 5.41) is 0. The summed E-state index contributed by atoms with van der Waals surface area (Å²) in [5.74, 6) is 0.394. The van der Waals surface area contributed by atoms with E-state index in [1.54, 1.807) is 11.8 Å². The highest BCUT2D eigenvalue weighted by molar-refractivity contribution is 5.68. The number of nitrogens with two attached hydrogens (primary N) is 1. The Morgan fingerprint density at radius 2 is 2.50 bits per heavy atom. The molecule has 0 aromatic carbocycles. The van der Waals surface area contributed by atoms with Gasteiger partial charge in [-0.2, -0.15) is 0 Å². The minimum atomic E-state index is -0.376. The lowest BCUT2D eigenvalue weighted by molar-refractivity contribution is -0.0186. The number of ether oxygens (including phenoxy) is 2. The van der Waals surface area contributed by atoms with Crippen LogP contribution < -0.4 is 5.73 Å². The highest BCUT2D eigenvalue weighted by Gasteiger charge is 2.24. The molecule has 14 heavy (non-hydrogen) atoms. The summed E-state index contributed by atoms with van der Waals surface area (Å²) in [7, 11) is 0. The van der Waals surface area contributed by atoms with Gasteiger partial charge in [-0.05, 0) is 6.92 Å². The first-order valence-electron chi connectivity index (χ1n) is 4.57. The molecule has 1 atom stereocenters. The Labute approximate surface area is 83.5 Å². The second-order valence-electron chi connectivity index (χ2n) is 3.24. The second kappa shape index (κ2) is 4.97. The maximum atomic E-state index is 11.4. The Kier molecular flexibility index (Phi) is 3.91. The summed E-state index contributed by atoms with van der Waals surface area (Å²) >= 11 is 0. The first-order valence-corrected chi connectivity index (χ1v) is 4.57. The van der Waals surface area contributed by atoms with E-state index in [2.05, 4.69) is 6.58 Å². The SMILES string of the molecule is C=C(C)OC(=O)N1CCOC(CN)C1. The molecule has 0 bridgehead atoms. The van der Waals surface area contributed by atoms with Gasteiger partial charge in [-0.15, -0.1) is 0 Å². The fourth-order valence-electron chi connectivity index (χ4n) is 1.24. The zero-order valence-electron chi connectivity index (χ0n) is 8.36. The molecule has 2 N–H and O–H groups in total. The summed E-state index contributed by atoms with van der Waals surface area (Å²) in [5.41, 5.74) is 5.45. The summed E-state index contributed by atoms with van der Waals surface area (Å²) in [6.45, 7) is 7.09. The summed E-state index contributed by atoms with van der Waals surface area (Å²) in [6.07, 6.45) is -0.458. The van der Waals surface area contributed by atoms with Crippen molar-refractivity contribution in [2.24, 2.45) is 5.73 Å². The van der Waals surface area contributed by atoms with Gasteiger partial charge < -0.3 is 20.1 Å². The first-order chi connectivity index (χ1) is 6.63. The average Bonchev–Trinajstić information content (AvgIpc) is 2.17. The van der Waals surface area contributed by atoms with Crippen molar-refractivity contribution in [1.29, 1.82) is 0 Å². The van der Waals surface area contributed by atoms with Crippen LogP contribution in [0.4, 0.5) is 4.79 Å². The zero-order chi connectivity index (χ0) is 10.6. The Hall–Kier alpha value is -1.07. The van der Waals surface area contributed by atoms with E-state index in [-0.39, 0.29) is 12.2 Å². The molecular formula is C9H16N2O3. The molecule has 0 radical (unpaired) electrons. The Morgan fingerprint density at radius 1 is 1.79 bits per heavy atom. The van der Waals surface area contributed by atoms with E-state index in [1.165, 1.54) is 0 Å². The Bertz CT molecular complexity index is 230. The van der Waals surface area contributed by atoms with Gasteiger partial charge >= 0.3 is 6.09 Å². The summed E-state index contributed by atoms with van der Waals surface area (Å²) in [6, 6.07) is 0. The smallest absolute Gasteiger partial charge is 0.415 e. The number of carbonyl (C=O) groups is 1. The van der Waals surface area contributed by atoms with Crippen molar-refractivity contribution in [2.75, 3.05) is 26.2 Å². The van der Waals surface area contributed by atoms with Crippen molar-refractivity contribution >= 4 is 6.09 Å². The predicted molar refractivity (Wildman–Crippen MR) is 51.7 cm³/mol. The molecule has 0 spiro atoms. The van der Waals surface area contributed by atoms with Crippen molar-refractivity contribution in [3.8, 4) is 0 Å². The molecule has 1 heterocycles. The monoisotopic (exact) mass is 200 g/mol. The molecule has 5 heteroatoms. The van der Waals surface area contributed by atoms with Gasteiger partial charge in [0.15, 0.2) is 0 Å². The van der Waals surface area contributed by atoms with E-state index in [0.717, 1.165) is 0 Å². The average molecular weight is 200 g/mol. The number of rotatable bonds is 2. The Balaban J connectivity index is 2.43. The van der Waals surface area contributed by atoms with Gasteiger partial charge in [-0.3, -0.25) is 0 Å². The maximum Gasteiger partial charge on any atom is 0.415 e. The number of amides is 1. The molecular weight excluding hydrogens is 184 g/mol. The molecule has 1 rings (SSSR count). The number of nitrogens with zero attached hydrogens (tertiary/aromatic N) is 1. The number of hydrogen-bond acceptors (Lipinski definition) is 4. The number of allylic oxidation sites excluding steroid dienone is 1. The van der Waals surface area contributed by atoms with Crippen molar-refractivity contribution in [3.05, 3.63) is 12.3 Å². The molecule has 1 saturated heterocycles. The van der Waals surface area contributed by atoms with Crippen molar-refractivity contribution in [2.45, 2.75) is 13.0 Å². The fourth-order valence-corrected chi connectivity index (χ4v) is 1.24. The molecule has 0 saturated carbocycles. The number of morpholine rings is 1. The third-order valence-corrected chi connectivity index (χ3v) is 1.92. The van der Waals surface area contributed by atoms with Gasteiger partial charge in [0.25, 0.3) is 0 Å². The second-order valence-corrected chi connectivity index (χ2v) is 3.24. The van der Waals surface area contributed by atoms with E-state index in [9.17, 15) is 4.79 Å². The predicted octanol–water partition coefficient (Wildman–Crippen LogP) is 0.316. The van der Waals surface area contributed by atoms with E-state index < -0.39 is 0 Å². The van der Waals surface area contributed by atoms with Gasteiger partial charge in [0.1, 0.15) is 0 Å². The molecule has 1 aliphatic heterocycles. The minimum Gasteiger partial charge on any atom is -0.416 e. The molecule has 0 aromatic heterocycles. The van der Waals surface area contributed by atoms with Crippen LogP contribution in [0, 0.1) is 0 Å². The molecule has 0 aromatic rings. The van der Waals surface area contributed by atoms with Crippen LogP contribution in [0.15, 0.2) is 12.3 Å². The Morgan fingerprint density at radius 3 is 3.07 bits per heavy atom. The zero-order valence-corrected chi connectivity index (χ0v) is 8.36. The van der Waals surface area contributed by atoms with Crippen LogP contribution in [0.5, 0.6) is 0 Å². The van der Waals surface area contributed by atoms with Crippen LogP contribution in [-0.4, -0.2) is 43.3 Å². The van der Waals surface area contributed by atoms with Gasteiger partial charge in [0.2, 0.25) is 0 Å². The van der Waals surface area contributed by atoms with E-state index in [0.29, 0.717) is 32.0 Å². The number of carbonyl (C=O) groups excluding carboxylic acids is 1. The molecule has 80 valence electrons. The highest BCUT2D eigenvalue weighted by Crippen LogP contribution is 2.07. The molecule has 1 unspecified atom stereocenters. The molecule has 1 amide bonds. The molecule has 1 aliphatic rings. The lowest BCUT2D eigenvalue weighted by Crippen LogP contribution is -2.48. The largest absolute Gasteiger partial charge is 0.416 e. The van der Waals surface area contributed by atoms with E-state index >= 15 is 0 Å². The van der Waals surface area contributed by atoms with Crippen LogP contribution in [0.1, 0.15) is 6.92 Å². The van der Waals surface area contributed by atoms with Crippen LogP contribution >= 0.6 is 0 Å². The molecule has 0 aliphatic carbocycles. The van der Waals surface area contributed by atoms with Gasteiger partial charge in [0.05, 0.1) is 25.0 Å². The first kappa shape index (κ1) is 11.0. The highest BCUT2D eigenvalue weighted by atomic mass is 16.6. The van der Waals surface area contributed by atoms with E-state index in [4.69, 9.17) is 15.2 Å². The van der Waals surface area contributed by atoms with Crippen LogP contribution in [-0.2, 0) is 9.47 Å². The fraction of sp³-hybridized carbons (Fsp3) is 0.667. The van der Waals surface area contributed by atoms with Crippen molar-refractivity contribution < 1.29 is 14.3 Å². The lowest BCUT2D eigenvalue weighted by atomic mass is 10.3. The lowest BCUT2D eigenvalue weighted by Gasteiger charge is -2.31. The van der Waals surface area contributed by atoms with Crippen LogP contribution in [0.25, 0.3) is 0 Å². The van der Waals surface area contributed by atoms with Crippen molar-refractivity contribution in [1.82, 2.24) is 4.90 Å². The van der Waals surface area contributed by atoms with Gasteiger partial charge in [0, 0.05) is 13.1 Å². The third-order valence-electron chi connectivity index (χ3n) is 1.92.